The lowest BCUT2D eigenvalue weighted by molar-refractivity contribution is -0.132. The molecular formula is C23H18BrNO4S. The van der Waals surface area contributed by atoms with Gasteiger partial charge in [0, 0.05) is 20.6 Å². The third-order valence-corrected chi connectivity index (χ3v) is 6.43. The van der Waals surface area contributed by atoms with Crippen molar-refractivity contribution in [3.8, 4) is 5.75 Å². The van der Waals surface area contributed by atoms with Crippen LogP contribution < -0.4 is 9.64 Å². The third-order valence-electron chi connectivity index (χ3n) is 5.01. The molecule has 4 rings (SSSR count). The Hall–Kier alpha value is -2.90. The average molecular weight is 484 g/mol. The molecule has 1 aromatic heterocycles. The number of hydrogen-bond acceptors (Lipinski definition) is 5. The van der Waals surface area contributed by atoms with Crippen molar-refractivity contribution < 1.29 is 19.4 Å². The van der Waals surface area contributed by atoms with E-state index in [1.54, 1.807) is 43.5 Å². The number of ketones is 1. The summed E-state index contributed by atoms with van der Waals surface area (Å²) in [5.74, 6) is -0.899. The van der Waals surface area contributed by atoms with Gasteiger partial charge in [-0.25, -0.2) is 0 Å². The number of methoxy groups -OCH3 is 1. The second-order valence-electron chi connectivity index (χ2n) is 6.85. The first-order valence-corrected chi connectivity index (χ1v) is 10.8. The Kier molecular flexibility index (Phi) is 5.49. The topological polar surface area (TPSA) is 66.8 Å². The molecule has 1 aliphatic rings. The molecule has 1 fully saturated rings. The van der Waals surface area contributed by atoms with E-state index in [0.717, 1.165) is 14.9 Å². The summed E-state index contributed by atoms with van der Waals surface area (Å²) in [6, 6.07) is 15.4. The molecule has 0 aliphatic carbocycles. The van der Waals surface area contributed by atoms with E-state index in [9.17, 15) is 14.7 Å². The number of aliphatic hydroxyl groups is 1. The predicted molar refractivity (Wildman–Crippen MR) is 121 cm³/mol. The van der Waals surface area contributed by atoms with Crippen LogP contribution >= 0.6 is 27.3 Å². The molecule has 0 radical (unpaired) electrons. The summed E-state index contributed by atoms with van der Waals surface area (Å²) in [7, 11) is 1.57. The van der Waals surface area contributed by atoms with E-state index in [0.29, 0.717) is 17.0 Å². The quantitative estimate of drug-likeness (QED) is 0.304. The van der Waals surface area contributed by atoms with E-state index >= 15 is 0 Å². The number of rotatable bonds is 4. The Bertz CT molecular complexity index is 1170. The first-order valence-electron chi connectivity index (χ1n) is 9.17. The minimum Gasteiger partial charge on any atom is -0.507 e. The van der Waals surface area contributed by atoms with Crippen LogP contribution in [0.4, 0.5) is 5.69 Å². The van der Waals surface area contributed by atoms with Gasteiger partial charge in [-0.2, -0.15) is 0 Å². The van der Waals surface area contributed by atoms with Gasteiger partial charge >= 0.3 is 0 Å². The van der Waals surface area contributed by atoms with Gasteiger partial charge in [0.2, 0.25) is 0 Å². The zero-order valence-electron chi connectivity index (χ0n) is 16.3. The number of hydrogen-bond donors (Lipinski definition) is 1. The van der Waals surface area contributed by atoms with Crippen molar-refractivity contribution in [3.63, 3.8) is 0 Å². The number of carbonyl (C=O) groups is 2. The number of aryl methyl sites for hydroxylation is 1. The molecule has 152 valence electrons. The maximum Gasteiger partial charge on any atom is 0.300 e. The van der Waals surface area contributed by atoms with Gasteiger partial charge in [0.05, 0.1) is 12.7 Å². The Balaban J connectivity index is 1.92. The van der Waals surface area contributed by atoms with Crippen LogP contribution in [0.3, 0.4) is 0 Å². The standard InChI is InChI=1S/C23H18BrNO4S/c1-13-11-14(8-9-17(13)29-2)21(26)19-20(18-7-4-10-30-18)25(23(28)22(19)27)16-6-3-5-15(24)12-16/h3-12,20,26H,1-2H3/b21-19-. The number of amides is 1. The smallest absolute Gasteiger partial charge is 0.300 e. The molecule has 1 atom stereocenters. The number of Topliss-reactive ketones (excluding diaryl/α,β-unsaturated/α-hetero) is 1. The lowest BCUT2D eigenvalue weighted by Crippen LogP contribution is -2.29. The second kappa shape index (κ2) is 8.08. The number of benzene rings is 2. The zero-order valence-corrected chi connectivity index (χ0v) is 18.7. The number of carbonyl (C=O) groups excluding carboxylic acids is 2. The maximum atomic E-state index is 13.1. The van der Waals surface area contributed by atoms with E-state index in [-0.39, 0.29) is 11.3 Å². The van der Waals surface area contributed by atoms with E-state index in [4.69, 9.17) is 4.74 Å². The molecule has 30 heavy (non-hydrogen) atoms. The Morgan fingerprint density at radius 3 is 2.57 bits per heavy atom. The van der Waals surface area contributed by atoms with E-state index in [1.807, 2.05) is 30.5 Å². The number of halogens is 1. The van der Waals surface area contributed by atoms with Crippen LogP contribution in [0, 0.1) is 6.92 Å². The van der Waals surface area contributed by atoms with Crippen molar-refractivity contribution in [1.82, 2.24) is 0 Å². The molecule has 2 heterocycles. The fraction of sp³-hybridized carbons (Fsp3) is 0.130. The zero-order chi connectivity index (χ0) is 21.4. The molecule has 0 bridgehead atoms. The van der Waals surface area contributed by atoms with Gasteiger partial charge in [-0.3, -0.25) is 14.5 Å². The molecule has 1 amide bonds. The van der Waals surface area contributed by atoms with Crippen LogP contribution in [0.5, 0.6) is 5.75 Å². The normalized spacial score (nSPS) is 18.1. The SMILES string of the molecule is COc1ccc(/C(O)=C2/C(=O)C(=O)N(c3cccc(Br)c3)C2c2cccs2)cc1C. The molecule has 1 unspecified atom stereocenters. The first-order chi connectivity index (χ1) is 14.4. The Morgan fingerprint density at radius 1 is 1.13 bits per heavy atom. The molecule has 3 aromatic rings. The van der Waals surface area contributed by atoms with Gasteiger partial charge in [0.15, 0.2) is 0 Å². The van der Waals surface area contributed by atoms with Gasteiger partial charge < -0.3 is 9.84 Å². The van der Waals surface area contributed by atoms with Crippen molar-refractivity contribution in [2.24, 2.45) is 0 Å². The highest BCUT2D eigenvalue weighted by atomic mass is 79.9. The molecule has 1 saturated heterocycles. The molecule has 1 N–H and O–H groups in total. The number of ether oxygens (including phenoxy) is 1. The highest BCUT2D eigenvalue weighted by molar-refractivity contribution is 9.10. The van der Waals surface area contributed by atoms with Crippen molar-refractivity contribution in [3.05, 3.63) is 86.0 Å². The van der Waals surface area contributed by atoms with Gasteiger partial charge in [0.1, 0.15) is 17.6 Å². The number of nitrogens with zero attached hydrogens (tertiary/aromatic N) is 1. The minimum atomic E-state index is -0.709. The van der Waals surface area contributed by atoms with E-state index in [2.05, 4.69) is 15.9 Å². The molecule has 5 nitrogen and oxygen atoms in total. The molecule has 1 aliphatic heterocycles. The van der Waals surface area contributed by atoms with Crippen LogP contribution in [-0.2, 0) is 9.59 Å². The van der Waals surface area contributed by atoms with Crippen molar-refractivity contribution in [1.29, 1.82) is 0 Å². The highest BCUT2D eigenvalue weighted by Gasteiger charge is 2.47. The molecule has 0 spiro atoms. The second-order valence-corrected chi connectivity index (χ2v) is 8.74. The van der Waals surface area contributed by atoms with Crippen LogP contribution in [0.25, 0.3) is 5.76 Å². The number of anilines is 1. The van der Waals surface area contributed by atoms with Gasteiger partial charge in [0.25, 0.3) is 11.7 Å². The fourth-order valence-electron chi connectivity index (χ4n) is 3.62. The number of aliphatic hydroxyl groups excluding tert-OH is 1. The molecule has 7 heteroatoms. The summed E-state index contributed by atoms with van der Waals surface area (Å²) < 4.78 is 6.07. The molecule has 2 aromatic carbocycles. The molecule has 0 saturated carbocycles. The lowest BCUT2D eigenvalue weighted by Gasteiger charge is -2.24. The average Bonchev–Trinajstić information content (AvgIpc) is 3.34. The van der Waals surface area contributed by atoms with Crippen LogP contribution in [0.15, 0.2) is 70.0 Å². The summed E-state index contributed by atoms with van der Waals surface area (Å²) in [6.07, 6.45) is 0. The highest BCUT2D eigenvalue weighted by Crippen LogP contribution is 2.44. The van der Waals surface area contributed by atoms with Gasteiger partial charge in [-0.05, 0) is 60.3 Å². The van der Waals surface area contributed by atoms with Gasteiger partial charge in [-0.15, -0.1) is 11.3 Å². The largest absolute Gasteiger partial charge is 0.507 e. The first kappa shape index (κ1) is 20.4. The van der Waals surface area contributed by atoms with Crippen molar-refractivity contribution in [2.75, 3.05) is 12.0 Å². The fourth-order valence-corrected chi connectivity index (χ4v) is 4.83. The monoisotopic (exact) mass is 483 g/mol. The van der Waals surface area contributed by atoms with E-state index in [1.165, 1.54) is 16.2 Å². The van der Waals surface area contributed by atoms with Crippen LogP contribution in [-0.4, -0.2) is 23.9 Å². The summed E-state index contributed by atoms with van der Waals surface area (Å²) in [6.45, 7) is 1.85. The van der Waals surface area contributed by atoms with Crippen LogP contribution in [0.1, 0.15) is 22.0 Å². The Morgan fingerprint density at radius 2 is 1.93 bits per heavy atom. The summed E-state index contributed by atoms with van der Waals surface area (Å²) in [5, 5.41) is 13.0. The van der Waals surface area contributed by atoms with E-state index < -0.39 is 17.7 Å². The predicted octanol–water partition coefficient (Wildman–Crippen LogP) is 5.45. The molecular weight excluding hydrogens is 466 g/mol. The Labute approximate surface area is 186 Å². The maximum absolute atomic E-state index is 13.1. The third kappa shape index (κ3) is 3.44. The summed E-state index contributed by atoms with van der Waals surface area (Å²) >= 11 is 4.85. The van der Waals surface area contributed by atoms with Crippen LogP contribution in [0.2, 0.25) is 0 Å². The number of thiophene rings is 1. The van der Waals surface area contributed by atoms with Crippen molar-refractivity contribution >= 4 is 50.4 Å². The van der Waals surface area contributed by atoms with Gasteiger partial charge in [-0.1, -0.05) is 28.1 Å². The lowest BCUT2D eigenvalue weighted by atomic mass is 9.98. The van der Waals surface area contributed by atoms with Crippen molar-refractivity contribution in [2.45, 2.75) is 13.0 Å². The summed E-state index contributed by atoms with van der Waals surface area (Å²) in [4.78, 5) is 28.3. The minimum absolute atomic E-state index is 0.0759. The summed E-state index contributed by atoms with van der Waals surface area (Å²) in [5.41, 5.74) is 1.93.